The summed E-state index contributed by atoms with van der Waals surface area (Å²) in [5, 5.41) is 0. The molecule has 1 saturated heterocycles. The number of carbonyl (C=O) groups excluding carboxylic acids is 1. The van der Waals surface area contributed by atoms with Gasteiger partial charge in [-0.3, -0.25) is 4.79 Å². The summed E-state index contributed by atoms with van der Waals surface area (Å²) in [6.45, 7) is 1.72. The van der Waals surface area contributed by atoms with Gasteiger partial charge in [-0.2, -0.15) is 0 Å². The summed E-state index contributed by atoms with van der Waals surface area (Å²) in [6, 6.07) is 5.76. The number of carbonyl (C=O) groups is 1. The number of likely N-dealkylation sites (N-methyl/N-ethyl adjacent to an activating group) is 1. The van der Waals surface area contributed by atoms with Gasteiger partial charge in [-0.05, 0) is 55.9 Å². The SMILES string of the molecule is C[C@H](Oc1ccc2c(c1)CCC2)C(=O)N(C)[C@H]1CCS(=O)(=O)C1. The van der Waals surface area contributed by atoms with Gasteiger partial charge in [-0.15, -0.1) is 0 Å². The molecule has 0 aromatic heterocycles. The Balaban J connectivity index is 1.63. The lowest BCUT2D eigenvalue weighted by molar-refractivity contribution is -0.138. The maximum Gasteiger partial charge on any atom is 0.263 e. The molecule has 0 N–H and O–H groups in total. The van der Waals surface area contributed by atoms with Gasteiger partial charge >= 0.3 is 0 Å². The average molecular weight is 337 g/mol. The third-order valence-corrected chi connectivity index (χ3v) is 6.58. The van der Waals surface area contributed by atoms with E-state index in [2.05, 4.69) is 6.07 Å². The fourth-order valence-electron chi connectivity index (χ4n) is 3.42. The van der Waals surface area contributed by atoms with Crippen LogP contribution in [0.2, 0.25) is 0 Å². The van der Waals surface area contributed by atoms with Crippen molar-refractivity contribution in [2.24, 2.45) is 0 Å². The summed E-state index contributed by atoms with van der Waals surface area (Å²) < 4.78 is 28.9. The van der Waals surface area contributed by atoms with E-state index in [4.69, 9.17) is 4.74 Å². The molecule has 1 fully saturated rings. The maximum absolute atomic E-state index is 12.5. The molecule has 1 aromatic carbocycles. The van der Waals surface area contributed by atoms with Crippen LogP contribution in [0.15, 0.2) is 18.2 Å². The molecule has 3 rings (SSSR count). The number of ether oxygens (including phenoxy) is 1. The highest BCUT2D eigenvalue weighted by Crippen LogP contribution is 2.27. The zero-order valence-corrected chi connectivity index (χ0v) is 14.4. The van der Waals surface area contributed by atoms with Crippen molar-refractivity contribution in [3.8, 4) is 5.75 Å². The number of sulfone groups is 1. The molecule has 0 bridgehead atoms. The zero-order valence-electron chi connectivity index (χ0n) is 13.6. The summed E-state index contributed by atoms with van der Waals surface area (Å²) >= 11 is 0. The quantitative estimate of drug-likeness (QED) is 0.837. The lowest BCUT2D eigenvalue weighted by Crippen LogP contribution is -2.44. The maximum atomic E-state index is 12.5. The van der Waals surface area contributed by atoms with Crippen molar-refractivity contribution in [2.75, 3.05) is 18.6 Å². The highest BCUT2D eigenvalue weighted by atomic mass is 32.2. The molecular formula is C17H23NO4S. The molecular weight excluding hydrogens is 314 g/mol. The third-order valence-electron chi connectivity index (χ3n) is 4.83. The zero-order chi connectivity index (χ0) is 16.6. The van der Waals surface area contributed by atoms with Gasteiger partial charge in [0.2, 0.25) is 0 Å². The smallest absolute Gasteiger partial charge is 0.263 e. The van der Waals surface area contributed by atoms with Crippen LogP contribution in [-0.4, -0.2) is 49.9 Å². The van der Waals surface area contributed by atoms with E-state index < -0.39 is 15.9 Å². The summed E-state index contributed by atoms with van der Waals surface area (Å²) in [5.74, 6) is 0.752. The van der Waals surface area contributed by atoms with Crippen molar-refractivity contribution in [3.63, 3.8) is 0 Å². The summed E-state index contributed by atoms with van der Waals surface area (Å²) in [4.78, 5) is 14.0. The fourth-order valence-corrected chi connectivity index (χ4v) is 5.20. The van der Waals surface area contributed by atoms with Crippen molar-refractivity contribution >= 4 is 15.7 Å². The van der Waals surface area contributed by atoms with Gasteiger partial charge in [0, 0.05) is 13.1 Å². The van der Waals surface area contributed by atoms with E-state index in [9.17, 15) is 13.2 Å². The number of amides is 1. The summed E-state index contributed by atoms with van der Waals surface area (Å²) in [5.41, 5.74) is 2.67. The van der Waals surface area contributed by atoms with Crippen molar-refractivity contribution in [1.82, 2.24) is 4.90 Å². The van der Waals surface area contributed by atoms with Gasteiger partial charge in [0.15, 0.2) is 15.9 Å². The van der Waals surface area contributed by atoms with E-state index in [1.54, 1.807) is 14.0 Å². The van der Waals surface area contributed by atoms with E-state index in [1.807, 2.05) is 12.1 Å². The molecule has 23 heavy (non-hydrogen) atoms. The monoisotopic (exact) mass is 337 g/mol. The van der Waals surface area contributed by atoms with Crippen LogP contribution in [0.5, 0.6) is 5.75 Å². The van der Waals surface area contributed by atoms with Crippen LogP contribution in [0, 0.1) is 0 Å². The lowest BCUT2D eigenvalue weighted by Gasteiger charge is -2.26. The Morgan fingerprint density at radius 3 is 2.74 bits per heavy atom. The molecule has 0 radical (unpaired) electrons. The molecule has 1 aromatic rings. The van der Waals surface area contributed by atoms with Crippen LogP contribution in [0.25, 0.3) is 0 Å². The molecule has 0 saturated carbocycles. The molecule has 126 valence electrons. The Bertz CT molecular complexity index is 713. The van der Waals surface area contributed by atoms with Crippen LogP contribution in [0.4, 0.5) is 0 Å². The number of hydrogen-bond donors (Lipinski definition) is 0. The summed E-state index contributed by atoms with van der Waals surface area (Å²) in [6.07, 6.45) is 3.24. The number of nitrogens with zero attached hydrogens (tertiary/aromatic N) is 1. The molecule has 5 nitrogen and oxygen atoms in total. The lowest BCUT2D eigenvalue weighted by atomic mass is 10.1. The topological polar surface area (TPSA) is 63.7 Å². The van der Waals surface area contributed by atoms with Gasteiger partial charge < -0.3 is 9.64 Å². The van der Waals surface area contributed by atoms with Crippen LogP contribution in [0.3, 0.4) is 0 Å². The average Bonchev–Trinajstić information content (AvgIpc) is 3.11. The number of benzene rings is 1. The first-order chi connectivity index (χ1) is 10.9. The molecule has 1 aliphatic carbocycles. The summed E-state index contributed by atoms with van der Waals surface area (Å²) in [7, 11) is -1.34. The van der Waals surface area contributed by atoms with Crippen molar-refractivity contribution in [2.45, 2.75) is 44.8 Å². The van der Waals surface area contributed by atoms with Gasteiger partial charge in [0.1, 0.15) is 5.75 Å². The molecule has 0 spiro atoms. The van der Waals surface area contributed by atoms with E-state index in [0.717, 1.165) is 12.8 Å². The third kappa shape index (κ3) is 3.52. The highest BCUT2D eigenvalue weighted by Gasteiger charge is 2.34. The van der Waals surface area contributed by atoms with Crippen LogP contribution in [0.1, 0.15) is 30.9 Å². The van der Waals surface area contributed by atoms with E-state index in [1.165, 1.54) is 22.4 Å². The van der Waals surface area contributed by atoms with E-state index >= 15 is 0 Å². The Morgan fingerprint density at radius 2 is 2.04 bits per heavy atom. The van der Waals surface area contributed by atoms with Crippen LogP contribution in [-0.2, 0) is 27.5 Å². The molecule has 2 aliphatic rings. The minimum atomic E-state index is -3.00. The normalized spacial score (nSPS) is 23.3. The van der Waals surface area contributed by atoms with E-state index in [-0.39, 0.29) is 23.5 Å². The predicted octanol–water partition coefficient (Wildman–Crippen LogP) is 1.59. The number of rotatable bonds is 4. The van der Waals surface area contributed by atoms with Gasteiger partial charge in [-0.25, -0.2) is 8.42 Å². The molecule has 1 heterocycles. The van der Waals surface area contributed by atoms with Crippen molar-refractivity contribution in [3.05, 3.63) is 29.3 Å². The number of fused-ring (bicyclic) bond motifs is 1. The Labute approximate surface area is 137 Å². The van der Waals surface area contributed by atoms with Crippen molar-refractivity contribution in [1.29, 1.82) is 0 Å². The molecule has 2 atom stereocenters. The Hall–Kier alpha value is -1.56. The highest BCUT2D eigenvalue weighted by molar-refractivity contribution is 7.91. The van der Waals surface area contributed by atoms with Gasteiger partial charge in [-0.1, -0.05) is 6.07 Å². The number of hydrogen-bond acceptors (Lipinski definition) is 4. The van der Waals surface area contributed by atoms with E-state index in [0.29, 0.717) is 12.2 Å². The Kier molecular flexibility index (Phi) is 4.36. The second-order valence-corrected chi connectivity index (χ2v) is 8.78. The molecule has 0 unspecified atom stereocenters. The molecule has 6 heteroatoms. The van der Waals surface area contributed by atoms with Crippen molar-refractivity contribution < 1.29 is 17.9 Å². The first-order valence-corrected chi connectivity index (χ1v) is 9.93. The first-order valence-electron chi connectivity index (χ1n) is 8.11. The van der Waals surface area contributed by atoms with Crippen LogP contribution >= 0.6 is 0 Å². The Morgan fingerprint density at radius 1 is 1.30 bits per heavy atom. The standard InChI is InChI=1S/C17H23NO4S/c1-12(17(19)18(2)15-8-9-23(20,21)11-15)22-16-7-6-13-4-3-5-14(13)10-16/h6-7,10,12,15H,3-5,8-9,11H2,1-2H3/t12-,15-/m0/s1. The number of aryl methyl sites for hydroxylation is 2. The first kappa shape index (κ1) is 16.3. The minimum Gasteiger partial charge on any atom is -0.481 e. The van der Waals surface area contributed by atoms with Gasteiger partial charge in [0.25, 0.3) is 5.91 Å². The second-order valence-electron chi connectivity index (χ2n) is 6.55. The molecule has 1 amide bonds. The largest absolute Gasteiger partial charge is 0.481 e. The second kappa shape index (κ2) is 6.15. The fraction of sp³-hybridized carbons (Fsp3) is 0.588. The van der Waals surface area contributed by atoms with Gasteiger partial charge in [0.05, 0.1) is 11.5 Å². The van der Waals surface area contributed by atoms with Crippen LogP contribution < -0.4 is 4.74 Å². The minimum absolute atomic E-state index is 0.0564. The molecule has 1 aliphatic heterocycles. The predicted molar refractivity (Wildman–Crippen MR) is 88.4 cm³/mol.